The molecule has 2 aromatic heterocycles. The van der Waals surface area contributed by atoms with Crippen molar-refractivity contribution in [2.24, 2.45) is 0 Å². The number of piperazine rings is 1. The molecule has 0 unspecified atom stereocenters. The minimum absolute atomic E-state index is 0.172. The van der Waals surface area contributed by atoms with Crippen molar-refractivity contribution < 1.29 is 9.69 Å². The fourth-order valence-corrected chi connectivity index (χ4v) is 4.87. The molecule has 1 aliphatic rings. The number of H-pyrrole nitrogens is 1. The molecular weight excluding hydrogens is 390 g/mol. The van der Waals surface area contributed by atoms with Crippen molar-refractivity contribution in [1.29, 1.82) is 0 Å². The number of thioether (sulfide) groups is 1. The number of aromatic amines is 1. The van der Waals surface area contributed by atoms with Gasteiger partial charge in [-0.3, -0.25) is 9.89 Å². The Bertz CT molecular complexity index is 888. The average molecular weight is 415 g/mol. The molecule has 0 saturated carbocycles. The number of aromatic nitrogens is 3. The van der Waals surface area contributed by atoms with Crippen molar-refractivity contribution in [3.63, 3.8) is 0 Å². The van der Waals surface area contributed by atoms with Gasteiger partial charge in [-0.1, -0.05) is 48.2 Å². The monoisotopic (exact) mass is 414 g/mol. The van der Waals surface area contributed by atoms with Crippen LogP contribution in [-0.2, 0) is 11.3 Å². The third-order valence-electron chi connectivity index (χ3n) is 4.93. The van der Waals surface area contributed by atoms with Gasteiger partial charge in [-0.2, -0.15) is 0 Å². The third-order valence-corrected chi connectivity index (χ3v) is 6.75. The highest BCUT2D eigenvalue weighted by molar-refractivity contribution is 8.00. The summed E-state index contributed by atoms with van der Waals surface area (Å²) in [4.78, 5) is 21.9. The lowest BCUT2D eigenvalue weighted by Crippen LogP contribution is -3.13. The molecule has 1 fully saturated rings. The molecule has 3 heterocycles. The van der Waals surface area contributed by atoms with Crippen molar-refractivity contribution in [2.45, 2.75) is 23.9 Å². The fourth-order valence-electron chi connectivity index (χ4n) is 3.39. The smallest absolute Gasteiger partial charge is 0.236 e. The molecule has 6 nitrogen and oxygen atoms in total. The number of carbonyl (C=O) groups excluding carboxylic acids is 1. The van der Waals surface area contributed by atoms with Crippen LogP contribution in [0.2, 0.25) is 0 Å². The van der Waals surface area contributed by atoms with Gasteiger partial charge in [0.15, 0.2) is 5.82 Å². The first-order chi connectivity index (χ1) is 13.7. The lowest BCUT2D eigenvalue weighted by molar-refractivity contribution is -0.917. The number of quaternary nitrogens is 1. The van der Waals surface area contributed by atoms with Crippen LogP contribution in [0.25, 0.3) is 10.7 Å². The van der Waals surface area contributed by atoms with Crippen LogP contribution in [0.3, 0.4) is 0 Å². The van der Waals surface area contributed by atoms with Crippen LogP contribution in [0.15, 0.2) is 53.0 Å². The second-order valence-electron chi connectivity index (χ2n) is 6.94. The average Bonchev–Trinajstić information content (AvgIpc) is 3.40. The summed E-state index contributed by atoms with van der Waals surface area (Å²) in [5.74, 6) is 0.932. The van der Waals surface area contributed by atoms with Gasteiger partial charge < -0.3 is 9.80 Å². The van der Waals surface area contributed by atoms with Gasteiger partial charge >= 0.3 is 0 Å². The van der Waals surface area contributed by atoms with E-state index in [9.17, 15) is 4.79 Å². The van der Waals surface area contributed by atoms with Crippen LogP contribution in [0, 0.1) is 0 Å². The van der Waals surface area contributed by atoms with E-state index in [1.54, 1.807) is 11.3 Å². The summed E-state index contributed by atoms with van der Waals surface area (Å²) in [6.07, 6.45) is 0. The first kappa shape index (κ1) is 19.2. The number of nitrogens with zero attached hydrogens (tertiary/aromatic N) is 3. The Morgan fingerprint density at radius 2 is 2.04 bits per heavy atom. The maximum Gasteiger partial charge on any atom is 0.236 e. The van der Waals surface area contributed by atoms with Gasteiger partial charge in [-0.05, 0) is 18.4 Å². The molecule has 3 aromatic rings. The van der Waals surface area contributed by atoms with Crippen LogP contribution in [0.1, 0.15) is 12.5 Å². The second-order valence-corrected chi connectivity index (χ2v) is 9.20. The van der Waals surface area contributed by atoms with Crippen molar-refractivity contribution >= 4 is 29.0 Å². The number of amides is 1. The molecule has 0 bridgehead atoms. The van der Waals surface area contributed by atoms with Crippen molar-refractivity contribution in [1.82, 2.24) is 20.1 Å². The number of nitrogens with one attached hydrogen (secondary N) is 2. The van der Waals surface area contributed by atoms with E-state index in [0.29, 0.717) is 5.16 Å². The van der Waals surface area contributed by atoms with E-state index in [4.69, 9.17) is 0 Å². The summed E-state index contributed by atoms with van der Waals surface area (Å²) in [6, 6.07) is 14.6. The van der Waals surface area contributed by atoms with Gasteiger partial charge in [0.25, 0.3) is 0 Å². The molecule has 8 heteroatoms. The summed E-state index contributed by atoms with van der Waals surface area (Å²) in [5, 5.41) is 9.66. The Kier molecular flexibility index (Phi) is 6.09. The van der Waals surface area contributed by atoms with E-state index in [0.717, 1.165) is 43.4 Å². The molecular formula is C20H24N5OS2+. The van der Waals surface area contributed by atoms with Gasteiger partial charge in [0, 0.05) is 5.56 Å². The van der Waals surface area contributed by atoms with Crippen LogP contribution in [0.4, 0.5) is 0 Å². The van der Waals surface area contributed by atoms with E-state index in [2.05, 4.69) is 39.4 Å². The Hall–Kier alpha value is -2.16. The summed E-state index contributed by atoms with van der Waals surface area (Å²) in [7, 11) is 0. The van der Waals surface area contributed by atoms with Gasteiger partial charge in [-0.15, -0.1) is 16.4 Å². The Morgan fingerprint density at radius 3 is 2.75 bits per heavy atom. The quantitative estimate of drug-likeness (QED) is 0.605. The molecule has 1 aromatic carbocycles. The van der Waals surface area contributed by atoms with Gasteiger partial charge in [0.05, 0.1) is 36.3 Å². The number of thiophene rings is 1. The molecule has 0 radical (unpaired) electrons. The lowest BCUT2D eigenvalue weighted by atomic mass is 10.2. The first-order valence-electron chi connectivity index (χ1n) is 9.48. The number of carbonyl (C=O) groups is 1. The predicted octanol–water partition coefficient (Wildman–Crippen LogP) is 1.94. The molecule has 2 N–H and O–H groups in total. The number of benzene rings is 1. The Labute approximate surface area is 173 Å². The maximum atomic E-state index is 12.8. The molecule has 0 spiro atoms. The predicted molar refractivity (Wildman–Crippen MR) is 112 cm³/mol. The fraction of sp³-hybridized carbons (Fsp3) is 0.350. The molecule has 4 rings (SSSR count). The normalized spacial score (nSPS) is 16.2. The largest absolute Gasteiger partial charge is 0.330 e. The number of hydrogen-bond donors (Lipinski definition) is 2. The standard InChI is InChI=1S/C20H23N5OS2/c1-15(28-20-21-18(22-23-20)17-8-5-13-27-17)19(26)25-11-9-24(10-12-25)14-16-6-3-2-4-7-16/h2-8,13,15H,9-12,14H2,1H3,(H,21,22,23)/p+1/t15-/m1/s1. The molecule has 1 atom stereocenters. The maximum absolute atomic E-state index is 12.8. The SMILES string of the molecule is C[C@@H](Sc1n[nH]c(-c2cccs2)n1)C(=O)N1CC[NH+](Cc2ccccc2)CC1. The molecule has 146 valence electrons. The van der Waals surface area contributed by atoms with Crippen molar-refractivity contribution in [3.05, 3.63) is 53.4 Å². The van der Waals surface area contributed by atoms with Gasteiger partial charge in [0.1, 0.15) is 6.54 Å². The van der Waals surface area contributed by atoms with Crippen LogP contribution in [-0.4, -0.2) is 57.4 Å². The topological polar surface area (TPSA) is 66.3 Å². The van der Waals surface area contributed by atoms with Gasteiger partial charge in [0.2, 0.25) is 11.1 Å². The zero-order valence-corrected chi connectivity index (χ0v) is 17.4. The second kappa shape index (κ2) is 8.89. The highest BCUT2D eigenvalue weighted by Gasteiger charge is 2.28. The van der Waals surface area contributed by atoms with E-state index in [1.165, 1.54) is 22.2 Å². The minimum atomic E-state index is -0.192. The number of hydrogen-bond acceptors (Lipinski definition) is 5. The first-order valence-corrected chi connectivity index (χ1v) is 11.2. The highest BCUT2D eigenvalue weighted by Crippen LogP contribution is 2.25. The zero-order chi connectivity index (χ0) is 19.3. The van der Waals surface area contributed by atoms with Crippen LogP contribution < -0.4 is 4.90 Å². The summed E-state index contributed by atoms with van der Waals surface area (Å²) in [6.45, 7) is 6.55. The highest BCUT2D eigenvalue weighted by atomic mass is 32.2. The van der Waals surface area contributed by atoms with Crippen molar-refractivity contribution in [2.75, 3.05) is 26.2 Å². The van der Waals surface area contributed by atoms with Gasteiger partial charge in [-0.25, -0.2) is 4.98 Å². The zero-order valence-electron chi connectivity index (χ0n) is 15.8. The summed E-state index contributed by atoms with van der Waals surface area (Å²) >= 11 is 3.04. The molecule has 0 aliphatic carbocycles. The van der Waals surface area contributed by atoms with Crippen molar-refractivity contribution in [3.8, 4) is 10.7 Å². The van der Waals surface area contributed by atoms with E-state index in [1.807, 2.05) is 35.4 Å². The van der Waals surface area contributed by atoms with E-state index < -0.39 is 0 Å². The van der Waals surface area contributed by atoms with Crippen LogP contribution in [0.5, 0.6) is 0 Å². The lowest BCUT2D eigenvalue weighted by Gasteiger charge is -2.33. The summed E-state index contributed by atoms with van der Waals surface area (Å²) < 4.78 is 0. The third kappa shape index (κ3) is 4.63. The van der Waals surface area contributed by atoms with E-state index in [-0.39, 0.29) is 11.2 Å². The Morgan fingerprint density at radius 1 is 1.25 bits per heavy atom. The molecule has 28 heavy (non-hydrogen) atoms. The molecule has 1 aliphatic heterocycles. The number of rotatable bonds is 6. The Balaban J connectivity index is 1.28. The molecule has 1 saturated heterocycles. The van der Waals surface area contributed by atoms with Crippen LogP contribution >= 0.6 is 23.1 Å². The van der Waals surface area contributed by atoms with E-state index >= 15 is 0 Å². The molecule has 1 amide bonds. The summed E-state index contributed by atoms with van der Waals surface area (Å²) in [5.41, 5.74) is 1.35. The minimum Gasteiger partial charge on any atom is -0.330 e.